The van der Waals surface area contributed by atoms with Gasteiger partial charge in [0.2, 0.25) is 0 Å². The van der Waals surface area contributed by atoms with Gasteiger partial charge in [-0.25, -0.2) is 4.79 Å². The number of aromatic nitrogens is 2. The second-order valence-electron chi connectivity index (χ2n) is 4.64. The summed E-state index contributed by atoms with van der Waals surface area (Å²) in [6.45, 7) is 2.13. The first-order valence-corrected chi connectivity index (χ1v) is 6.35. The van der Waals surface area contributed by atoms with Crippen LogP contribution >= 0.6 is 0 Å². The van der Waals surface area contributed by atoms with Crippen LogP contribution in [-0.4, -0.2) is 21.1 Å². The van der Waals surface area contributed by atoms with Crippen molar-refractivity contribution < 1.29 is 5.11 Å². The zero-order valence-electron chi connectivity index (χ0n) is 11.1. The SMILES string of the molecule is CC(NCc1cc(=O)[nH]c(=O)[nH]1)C(O)c1ccccc1. The van der Waals surface area contributed by atoms with Crippen LogP contribution in [0.5, 0.6) is 0 Å². The van der Waals surface area contributed by atoms with Crippen molar-refractivity contribution in [1.82, 2.24) is 15.3 Å². The molecule has 2 atom stereocenters. The Morgan fingerprint density at radius 2 is 1.90 bits per heavy atom. The Morgan fingerprint density at radius 1 is 1.20 bits per heavy atom. The molecule has 0 saturated carbocycles. The van der Waals surface area contributed by atoms with E-state index in [1.54, 1.807) is 0 Å². The summed E-state index contributed by atoms with van der Waals surface area (Å²) in [5.41, 5.74) is 0.310. The molecule has 6 heteroatoms. The minimum atomic E-state index is -0.662. The monoisotopic (exact) mass is 275 g/mol. The summed E-state index contributed by atoms with van der Waals surface area (Å²) in [4.78, 5) is 26.9. The number of hydrogen-bond donors (Lipinski definition) is 4. The molecule has 106 valence electrons. The Balaban J connectivity index is 2.00. The summed E-state index contributed by atoms with van der Waals surface area (Å²) < 4.78 is 0. The summed E-state index contributed by atoms with van der Waals surface area (Å²) in [6, 6.07) is 10.4. The molecule has 0 aliphatic heterocycles. The molecule has 2 unspecified atom stereocenters. The number of aliphatic hydroxyl groups is 1. The molecule has 0 fully saturated rings. The summed E-state index contributed by atoms with van der Waals surface area (Å²) in [5, 5.41) is 13.3. The van der Waals surface area contributed by atoms with E-state index in [1.807, 2.05) is 37.3 Å². The van der Waals surface area contributed by atoms with Crippen LogP contribution in [0, 0.1) is 0 Å². The standard InChI is InChI=1S/C14H17N3O3/c1-9(13(19)10-5-3-2-4-6-10)15-8-11-7-12(18)17-14(20)16-11/h2-7,9,13,15,19H,8H2,1H3,(H2,16,17,18,20). The van der Waals surface area contributed by atoms with E-state index < -0.39 is 17.4 Å². The second kappa shape index (κ2) is 6.31. The molecule has 2 rings (SSSR count). The zero-order chi connectivity index (χ0) is 14.5. The summed E-state index contributed by atoms with van der Waals surface area (Å²) in [5.74, 6) is 0. The maximum Gasteiger partial charge on any atom is 0.325 e. The van der Waals surface area contributed by atoms with Crippen molar-refractivity contribution >= 4 is 0 Å². The summed E-state index contributed by atoms with van der Waals surface area (Å²) in [7, 11) is 0. The summed E-state index contributed by atoms with van der Waals surface area (Å²) >= 11 is 0. The maximum atomic E-state index is 11.2. The average Bonchev–Trinajstić information content (AvgIpc) is 2.44. The lowest BCUT2D eigenvalue weighted by atomic mass is 10.0. The number of H-pyrrole nitrogens is 2. The Bertz CT molecular complexity index is 635. The highest BCUT2D eigenvalue weighted by Gasteiger charge is 2.15. The molecule has 0 bridgehead atoms. The van der Waals surface area contributed by atoms with Crippen molar-refractivity contribution in [3.05, 3.63) is 68.5 Å². The fraction of sp³-hybridized carbons (Fsp3) is 0.286. The van der Waals surface area contributed by atoms with Gasteiger partial charge in [-0.2, -0.15) is 0 Å². The second-order valence-corrected chi connectivity index (χ2v) is 4.64. The smallest absolute Gasteiger partial charge is 0.325 e. The van der Waals surface area contributed by atoms with Gasteiger partial charge < -0.3 is 15.4 Å². The number of nitrogens with one attached hydrogen (secondary N) is 3. The third-order valence-electron chi connectivity index (χ3n) is 3.05. The lowest BCUT2D eigenvalue weighted by Gasteiger charge is -2.20. The lowest BCUT2D eigenvalue weighted by Crippen LogP contribution is -2.33. The highest BCUT2D eigenvalue weighted by atomic mass is 16.3. The van der Waals surface area contributed by atoms with E-state index in [0.29, 0.717) is 12.2 Å². The molecule has 0 spiro atoms. The highest BCUT2D eigenvalue weighted by molar-refractivity contribution is 5.18. The van der Waals surface area contributed by atoms with Crippen LogP contribution in [0.15, 0.2) is 46.0 Å². The van der Waals surface area contributed by atoms with Crippen LogP contribution in [0.1, 0.15) is 24.3 Å². The van der Waals surface area contributed by atoms with Crippen molar-refractivity contribution in [2.45, 2.75) is 25.6 Å². The predicted octanol–water partition coefficient (Wildman–Crippen LogP) is 0.275. The normalized spacial score (nSPS) is 13.9. The van der Waals surface area contributed by atoms with E-state index in [9.17, 15) is 14.7 Å². The topological polar surface area (TPSA) is 98.0 Å². The molecule has 4 N–H and O–H groups in total. The molecule has 6 nitrogen and oxygen atoms in total. The Morgan fingerprint density at radius 3 is 2.55 bits per heavy atom. The number of aromatic amines is 2. The van der Waals surface area contributed by atoms with E-state index in [2.05, 4.69) is 15.3 Å². The van der Waals surface area contributed by atoms with Gasteiger partial charge >= 0.3 is 5.69 Å². The third-order valence-corrected chi connectivity index (χ3v) is 3.05. The molecule has 2 aromatic rings. The molecule has 0 aliphatic carbocycles. The zero-order valence-corrected chi connectivity index (χ0v) is 11.1. The minimum Gasteiger partial charge on any atom is -0.387 e. The predicted molar refractivity (Wildman–Crippen MR) is 75.4 cm³/mol. The molecule has 1 aromatic carbocycles. The fourth-order valence-corrected chi connectivity index (χ4v) is 1.94. The Hall–Kier alpha value is -2.18. The van der Waals surface area contributed by atoms with Gasteiger partial charge in [0.1, 0.15) is 0 Å². The van der Waals surface area contributed by atoms with E-state index in [4.69, 9.17) is 0 Å². The van der Waals surface area contributed by atoms with Crippen LogP contribution in [0.25, 0.3) is 0 Å². The quantitative estimate of drug-likeness (QED) is 0.630. The number of benzene rings is 1. The molecular formula is C14H17N3O3. The van der Waals surface area contributed by atoms with Gasteiger partial charge in [-0.05, 0) is 12.5 Å². The van der Waals surface area contributed by atoms with Gasteiger partial charge in [0.25, 0.3) is 5.56 Å². The first-order valence-electron chi connectivity index (χ1n) is 6.35. The molecule has 0 amide bonds. The van der Waals surface area contributed by atoms with Crippen molar-refractivity contribution in [1.29, 1.82) is 0 Å². The molecule has 1 heterocycles. The number of aliphatic hydroxyl groups excluding tert-OH is 1. The largest absolute Gasteiger partial charge is 0.387 e. The van der Waals surface area contributed by atoms with Crippen molar-refractivity contribution in [3.63, 3.8) is 0 Å². The molecule has 1 aromatic heterocycles. The van der Waals surface area contributed by atoms with E-state index in [-0.39, 0.29) is 6.04 Å². The van der Waals surface area contributed by atoms with Crippen molar-refractivity contribution in [3.8, 4) is 0 Å². The Kier molecular flexibility index (Phi) is 4.49. The van der Waals surface area contributed by atoms with Crippen LogP contribution in [0.3, 0.4) is 0 Å². The minimum absolute atomic E-state index is 0.222. The lowest BCUT2D eigenvalue weighted by molar-refractivity contribution is 0.135. The molecule has 0 radical (unpaired) electrons. The van der Waals surface area contributed by atoms with Crippen molar-refractivity contribution in [2.75, 3.05) is 0 Å². The van der Waals surface area contributed by atoms with Gasteiger partial charge in [-0.3, -0.25) is 9.78 Å². The van der Waals surface area contributed by atoms with Crippen LogP contribution in [0.2, 0.25) is 0 Å². The van der Waals surface area contributed by atoms with Crippen LogP contribution < -0.4 is 16.6 Å². The van der Waals surface area contributed by atoms with E-state index in [0.717, 1.165) is 5.56 Å². The van der Waals surface area contributed by atoms with Gasteiger partial charge in [0, 0.05) is 24.3 Å². The van der Waals surface area contributed by atoms with Crippen LogP contribution in [-0.2, 0) is 6.54 Å². The van der Waals surface area contributed by atoms with Gasteiger partial charge in [0.05, 0.1) is 6.10 Å². The van der Waals surface area contributed by atoms with Gasteiger partial charge in [-0.1, -0.05) is 30.3 Å². The van der Waals surface area contributed by atoms with E-state index >= 15 is 0 Å². The molecule has 0 aliphatic rings. The van der Waals surface area contributed by atoms with Crippen LogP contribution in [0.4, 0.5) is 0 Å². The molecule has 20 heavy (non-hydrogen) atoms. The first kappa shape index (κ1) is 14.2. The van der Waals surface area contributed by atoms with Crippen molar-refractivity contribution in [2.24, 2.45) is 0 Å². The molecule has 0 saturated heterocycles. The average molecular weight is 275 g/mol. The summed E-state index contributed by atoms with van der Waals surface area (Å²) in [6.07, 6.45) is -0.662. The maximum absolute atomic E-state index is 11.2. The van der Waals surface area contributed by atoms with E-state index in [1.165, 1.54) is 6.07 Å². The fourth-order valence-electron chi connectivity index (χ4n) is 1.94. The molecular weight excluding hydrogens is 258 g/mol. The number of hydrogen-bond acceptors (Lipinski definition) is 4. The Labute approximate surface area is 115 Å². The van der Waals surface area contributed by atoms with Gasteiger partial charge in [-0.15, -0.1) is 0 Å². The first-order chi connectivity index (χ1) is 9.56. The number of rotatable bonds is 5. The van der Waals surface area contributed by atoms with Gasteiger partial charge in [0.15, 0.2) is 0 Å². The third kappa shape index (κ3) is 3.66. The highest BCUT2D eigenvalue weighted by Crippen LogP contribution is 2.16.